The van der Waals surface area contributed by atoms with Gasteiger partial charge in [-0.1, -0.05) is 0 Å². The Morgan fingerprint density at radius 3 is 2.57 bits per heavy atom. The first-order valence-electron chi connectivity index (χ1n) is 6.58. The number of nitrogens with one attached hydrogen (secondary N) is 2. The zero-order valence-electron chi connectivity index (χ0n) is 11.3. The molecule has 1 aromatic heterocycles. The fraction of sp³-hybridized carbons (Fsp3) is 0.286. The van der Waals surface area contributed by atoms with E-state index in [4.69, 9.17) is 5.73 Å². The number of benzene rings is 1. The summed E-state index contributed by atoms with van der Waals surface area (Å²) in [5.41, 5.74) is 9.35. The molecular formula is C14H14Br2N4O. The van der Waals surface area contributed by atoms with Gasteiger partial charge in [-0.3, -0.25) is 9.89 Å². The summed E-state index contributed by atoms with van der Waals surface area (Å²) >= 11 is 6.90. The molecule has 1 fully saturated rings. The van der Waals surface area contributed by atoms with Gasteiger partial charge in [0.25, 0.3) is 5.91 Å². The molecule has 7 heteroatoms. The van der Waals surface area contributed by atoms with Crippen molar-refractivity contribution in [2.45, 2.75) is 25.7 Å². The Balaban J connectivity index is 1.87. The molecule has 0 aliphatic heterocycles. The summed E-state index contributed by atoms with van der Waals surface area (Å²) in [4.78, 5) is 12.4. The highest BCUT2D eigenvalue weighted by Gasteiger charge is 2.30. The van der Waals surface area contributed by atoms with Crippen molar-refractivity contribution >= 4 is 49.1 Å². The van der Waals surface area contributed by atoms with Crippen LogP contribution in [0.1, 0.15) is 40.5 Å². The number of nitrogens with zero attached hydrogens (tertiary/aromatic N) is 1. The van der Waals surface area contributed by atoms with Crippen molar-refractivity contribution in [3.63, 3.8) is 0 Å². The van der Waals surface area contributed by atoms with Crippen LogP contribution < -0.4 is 11.1 Å². The van der Waals surface area contributed by atoms with Crippen LogP contribution >= 0.6 is 31.9 Å². The first-order valence-corrected chi connectivity index (χ1v) is 8.16. The highest BCUT2D eigenvalue weighted by Crippen LogP contribution is 2.42. The van der Waals surface area contributed by atoms with Gasteiger partial charge in [-0.25, -0.2) is 0 Å². The van der Waals surface area contributed by atoms with Crippen molar-refractivity contribution in [1.82, 2.24) is 10.2 Å². The number of aromatic nitrogens is 2. The second-order valence-corrected chi connectivity index (χ2v) is 6.94. The number of nitrogens with two attached hydrogens (primary N) is 1. The number of rotatable bonds is 3. The summed E-state index contributed by atoms with van der Waals surface area (Å²) in [5.74, 6) is 0.109. The zero-order chi connectivity index (χ0) is 15.1. The standard InChI is InChI=1S/C14H14Br2N4O/c1-6-4-8(15)12(9(16)5-6)18-14(21)13-10(17)11(19-20-13)7-2-3-7/h4-5,7H,2-3,17H2,1H3,(H,18,21)(H,19,20). The lowest BCUT2D eigenvalue weighted by Gasteiger charge is -2.10. The Bertz CT molecular complexity index is 699. The molecule has 2 aromatic rings. The molecule has 1 aliphatic rings. The van der Waals surface area contributed by atoms with E-state index in [2.05, 4.69) is 47.4 Å². The maximum atomic E-state index is 12.4. The maximum Gasteiger partial charge on any atom is 0.278 e. The smallest absolute Gasteiger partial charge is 0.278 e. The first-order chi connectivity index (χ1) is 9.97. The Labute approximate surface area is 138 Å². The molecule has 0 unspecified atom stereocenters. The van der Waals surface area contributed by atoms with Crippen LogP contribution in [0.5, 0.6) is 0 Å². The van der Waals surface area contributed by atoms with Gasteiger partial charge in [-0.15, -0.1) is 0 Å². The molecule has 1 aliphatic carbocycles. The fourth-order valence-corrected chi connectivity index (χ4v) is 3.83. The van der Waals surface area contributed by atoms with Crippen molar-refractivity contribution in [3.05, 3.63) is 38.0 Å². The quantitative estimate of drug-likeness (QED) is 0.712. The summed E-state index contributed by atoms with van der Waals surface area (Å²) in [6, 6.07) is 3.87. The van der Waals surface area contributed by atoms with Crippen LogP contribution in [0.3, 0.4) is 0 Å². The van der Waals surface area contributed by atoms with Crippen molar-refractivity contribution in [2.24, 2.45) is 0 Å². The summed E-state index contributed by atoms with van der Waals surface area (Å²) in [7, 11) is 0. The van der Waals surface area contributed by atoms with Gasteiger partial charge in [0.2, 0.25) is 0 Å². The number of aryl methyl sites for hydroxylation is 1. The number of hydrogen-bond donors (Lipinski definition) is 3. The first kappa shape index (κ1) is 14.6. The molecule has 1 heterocycles. The third-order valence-electron chi connectivity index (χ3n) is 3.46. The lowest BCUT2D eigenvalue weighted by Crippen LogP contribution is -2.15. The molecule has 0 atom stereocenters. The number of hydrogen-bond acceptors (Lipinski definition) is 3. The molecule has 1 saturated carbocycles. The van der Waals surface area contributed by atoms with E-state index in [1.165, 1.54) is 0 Å². The Morgan fingerprint density at radius 1 is 1.38 bits per heavy atom. The summed E-state index contributed by atoms with van der Waals surface area (Å²) in [5, 5.41) is 9.78. The predicted octanol–water partition coefficient (Wildman–Crippen LogP) is 3.96. The van der Waals surface area contributed by atoms with Gasteiger partial charge < -0.3 is 11.1 Å². The highest BCUT2D eigenvalue weighted by molar-refractivity contribution is 9.11. The number of aromatic amines is 1. The molecule has 0 saturated heterocycles. The normalized spacial score (nSPS) is 14.2. The van der Waals surface area contributed by atoms with Gasteiger partial charge in [-0.05, 0) is 69.3 Å². The molecule has 4 N–H and O–H groups in total. The maximum absolute atomic E-state index is 12.4. The van der Waals surface area contributed by atoms with Crippen molar-refractivity contribution in [1.29, 1.82) is 0 Å². The number of amides is 1. The molecule has 0 radical (unpaired) electrons. The second-order valence-electron chi connectivity index (χ2n) is 5.23. The van der Waals surface area contributed by atoms with E-state index in [-0.39, 0.29) is 11.6 Å². The van der Waals surface area contributed by atoms with Crippen LogP contribution in [0.2, 0.25) is 0 Å². The molecule has 5 nitrogen and oxygen atoms in total. The summed E-state index contributed by atoms with van der Waals surface area (Å²) < 4.78 is 1.61. The van der Waals surface area contributed by atoms with Gasteiger partial charge in [0, 0.05) is 14.9 Å². The van der Waals surface area contributed by atoms with Crippen LogP contribution in [0.15, 0.2) is 21.1 Å². The van der Waals surface area contributed by atoms with E-state index < -0.39 is 0 Å². The Kier molecular flexibility index (Phi) is 3.79. The number of anilines is 2. The molecule has 3 rings (SSSR count). The fourth-order valence-electron chi connectivity index (χ4n) is 2.21. The van der Waals surface area contributed by atoms with E-state index in [1.54, 1.807) is 0 Å². The van der Waals surface area contributed by atoms with Crippen LogP contribution in [0, 0.1) is 6.92 Å². The van der Waals surface area contributed by atoms with Crippen LogP contribution in [0.25, 0.3) is 0 Å². The monoisotopic (exact) mass is 412 g/mol. The van der Waals surface area contributed by atoms with E-state index in [9.17, 15) is 4.79 Å². The van der Waals surface area contributed by atoms with Gasteiger partial charge in [-0.2, -0.15) is 5.10 Å². The Morgan fingerprint density at radius 2 is 2.00 bits per heavy atom. The lowest BCUT2D eigenvalue weighted by atomic mass is 10.2. The van der Waals surface area contributed by atoms with Crippen LogP contribution in [-0.4, -0.2) is 16.1 Å². The topological polar surface area (TPSA) is 83.8 Å². The van der Waals surface area contributed by atoms with E-state index >= 15 is 0 Å². The minimum absolute atomic E-state index is 0.247. The van der Waals surface area contributed by atoms with Gasteiger partial charge >= 0.3 is 0 Å². The van der Waals surface area contributed by atoms with Crippen molar-refractivity contribution < 1.29 is 4.79 Å². The van der Waals surface area contributed by atoms with Gasteiger partial charge in [0.05, 0.1) is 17.1 Å². The number of H-pyrrole nitrogens is 1. The SMILES string of the molecule is Cc1cc(Br)c(NC(=O)c2n[nH]c(C3CC3)c2N)c(Br)c1. The zero-order valence-corrected chi connectivity index (χ0v) is 14.5. The molecular weight excluding hydrogens is 400 g/mol. The largest absolute Gasteiger partial charge is 0.395 e. The average Bonchev–Trinajstić information content (AvgIpc) is 3.17. The van der Waals surface area contributed by atoms with E-state index in [0.29, 0.717) is 17.3 Å². The minimum atomic E-state index is -0.319. The minimum Gasteiger partial charge on any atom is -0.395 e. The third-order valence-corrected chi connectivity index (χ3v) is 4.71. The van der Waals surface area contributed by atoms with Gasteiger partial charge in [0.15, 0.2) is 5.69 Å². The van der Waals surface area contributed by atoms with E-state index in [0.717, 1.165) is 33.0 Å². The van der Waals surface area contributed by atoms with Crippen molar-refractivity contribution in [3.8, 4) is 0 Å². The molecule has 1 amide bonds. The highest BCUT2D eigenvalue weighted by atomic mass is 79.9. The predicted molar refractivity (Wildman–Crippen MR) is 89.5 cm³/mol. The molecule has 21 heavy (non-hydrogen) atoms. The summed E-state index contributed by atoms with van der Waals surface area (Å²) in [6.45, 7) is 1.98. The van der Waals surface area contributed by atoms with Gasteiger partial charge in [0.1, 0.15) is 0 Å². The molecule has 110 valence electrons. The molecule has 0 bridgehead atoms. The van der Waals surface area contributed by atoms with Crippen molar-refractivity contribution in [2.75, 3.05) is 11.1 Å². The number of nitrogen functional groups attached to an aromatic ring is 1. The van der Waals surface area contributed by atoms with E-state index in [1.807, 2.05) is 19.1 Å². The summed E-state index contributed by atoms with van der Waals surface area (Å²) in [6.07, 6.45) is 2.20. The number of carbonyl (C=O) groups is 1. The molecule has 0 spiro atoms. The lowest BCUT2D eigenvalue weighted by molar-refractivity contribution is 0.102. The number of halogens is 2. The van der Waals surface area contributed by atoms with Crippen LogP contribution in [0.4, 0.5) is 11.4 Å². The van der Waals surface area contributed by atoms with Crippen LogP contribution in [-0.2, 0) is 0 Å². The average molecular weight is 414 g/mol. The third kappa shape index (κ3) is 2.85. The number of carbonyl (C=O) groups excluding carboxylic acids is 1. The Hall–Kier alpha value is -1.34. The molecule has 1 aromatic carbocycles. The second kappa shape index (κ2) is 5.46.